The van der Waals surface area contributed by atoms with Crippen molar-refractivity contribution in [1.29, 1.82) is 0 Å². The van der Waals surface area contributed by atoms with Gasteiger partial charge in [0.15, 0.2) is 11.6 Å². The molecule has 32 heavy (non-hydrogen) atoms. The normalized spacial score (nSPS) is 15.0. The lowest BCUT2D eigenvalue weighted by Gasteiger charge is -2.26. The van der Waals surface area contributed by atoms with Gasteiger partial charge in [-0.15, -0.1) is 0 Å². The third-order valence-corrected chi connectivity index (χ3v) is 8.08. The molecule has 7 heteroatoms. The number of nitrogens with zero attached hydrogens (tertiary/aromatic N) is 1. The van der Waals surface area contributed by atoms with Gasteiger partial charge in [-0.05, 0) is 41.8 Å². The average molecular weight is 470 g/mol. The molecular weight excluding hydrogens is 446 g/mol. The molecule has 1 aliphatic rings. The molecule has 1 heterocycles. The quantitative estimate of drug-likeness (QED) is 0.427. The zero-order valence-electron chi connectivity index (χ0n) is 17.6. The number of hydrogen-bond acceptors (Lipinski definition) is 4. The average Bonchev–Trinajstić information content (AvgIpc) is 2.82. The van der Waals surface area contributed by atoms with Crippen LogP contribution in [0.15, 0.2) is 65.6 Å². The fraction of sp³-hybridized carbons (Fsp3) is 0.280. The molecule has 166 valence electrons. The monoisotopic (exact) mass is 469 g/mol. The third kappa shape index (κ3) is 4.63. The van der Waals surface area contributed by atoms with E-state index >= 15 is 0 Å². The van der Waals surface area contributed by atoms with Crippen LogP contribution in [-0.4, -0.2) is 37.4 Å². The van der Waals surface area contributed by atoms with Crippen LogP contribution in [0.3, 0.4) is 0 Å². The van der Waals surface area contributed by atoms with Crippen LogP contribution >= 0.6 is 11.6 Å². The summed E-state index contributed by atoms with van der Waals surface area (Å²) in [6.07, 6.45) is 2.64. The lowest BCUT2D eigenvalue weighted by molar-refractivity contribution is 0.0918. The van der Waals surface area contributed by atoms with Crippen LogP contribution in [0.2, 0.25) is 5.02 Å². The van der Waals surface area contributed by atoms with Gasteiger partial charge in [0, 0.05) is 37.1 Å². The molecule has 3 aromatic carbocycles. The number of carbonyl (C=O) groups is 2. The second-order valence-corrected chi connectivity index (χ2v) is 10.3. The molecule has 5 nitrogen and oxygen atoms in total. The van der Waals surface area contributed by atoms with Crippen molar-refractivity contribution in [2.45, 2.75) is 37.0 Å². The van der Waals surface area contributed by atoms with Crippen LogP contribution in [0, 0.1) is 0 Å². The van der Waals surface area contributed by atoms with Gasteiger partial charge in [-0.25, -0.2) is 8.42 Å². The molecule has 1 aliphatic heterocycles. The van der Waals surface area contributed by atoms with Gasteiger partial charge < -0.3 is 0 Å². The summed E-state index contributed by atoms with van der Waals surface area (Å²) in [6, 6.07) is 17.3. The van der Waals surface area contributed by atoms with E-state index < -0.39 is 10.0 Å². The van der Waals surface area contributed by atoms with Gasteiger partial charge in [0.25, 0.3) is 0 Å². The lowest BCUT2D eigenvalue weighted by Crippen LogP contribution is -2.35. The number of ketones is 2. The van der Waals surface area contributed by atoms with E-state index in [0.29, 0.717) is 18.7 Å². The summed E-state index contributed by atoms with van der Waals surface area (Å²) in [6.45, 7) is 0.960. The zero-order valence-corrected chi connectivity index (χ0v) is 19.2. The van der Waals surface area contributed by atoms with E-state index in [2.05, 4.69) is 0 Å². The van der Waals surface area contributed by atoms with Crippen LogP contribution in [-0.2, 0) is 10.0 Å². The number of benzene rings is 3. The molecule has 0 bridgehead atoms. The Morgan fingerprint density at radius 3 is 2.22 bits per heavy atom. The Hall–Kier alpha value is -2.54. The van der Waals surface area contributed by atoms with E-state index in [1.807, 2.05) is 36.4 Å². The molecule has 0 radical (unpaired) electrons. The molecule has 1 saturated heterocycles. The molecule has 0 unspecified atom stereocenters. The summed E-state index contributed by atoms with van der Waals surface area (Å²) < 4.78 is 27.4. The highest BCUT2D eigenvalue weighted by atomic mass is 35.5. The van der Waals surface area contributed by atoms with Crippen LogP contribution in [0.1, 0.15) is 52.8 Å². The highest BCUT2D eigenvalue weighted by Gasteiger charge is 2.27. The molecule has 0 spiro atoms. The van der Waals surface area contributed by atoms with Gasteiger partial charge in [0.05, 0.1) is 9.92 Å². The van der Waals surface area contributed by atoms with E-state index in [9.17, 15) is 18.0 Å². The van der Waals surface area contributed by atoms with Crippen molar-refractivity contribution < 1.29 is 18.0 Å². The van der Waals surface area contributed by atoms with Gasteiger partial charge in [-0.3, -0.25) is 9.59 Å². The zero-order chi connectivity index (χ0) is 22.7. The maximum Gasteiger partial charge on any atom is 0.243 e. The van der Waals surface area contributed by atoms with Crippen molar-refractivity contribution in [2.24, 2.45) is 0 Å². The predicted octanol–water partition coefficient (Wildman–Crippen LogP) is 5.51. The van der Waals surface area contributed by atoms with Crippen LogP contribution in [0.25, 0.3) is 10.8 Å². The standard InChI is InChI=1S/C25H24ClNO4S/c26-23-12-11-19(32(30,31)27-15-4-1-5-16-27)17-22(23)25(29)14-13-24(28)21-10-6-8-18-7-2-3-9-20(18)21/h2-3,6-12,17H,1,4-5,13-16H2. The predicted molar refractivity (Wildman–Crippen MR) is 126 cm³/mol. The molecule has 0 N–H and O–H groups in total. The number of piperidine rings is 1. The van der Waals surface area contributed by atoms with Gasteiger partial charge in [0.1, 0.15) is 0 Å². The molecule has 0 saturated carbocycles. The number of hydrogen-bond donors (Lipinski definition) is 0. The largest absolute Gasteiger partial charge is 0.294 e. The summed E-state index contributed by atoms with van der Waals surface area (Å²) in [5, 5.41) is 1.99. The highest BCUT2D eigenvalue weighted by molar-refractivity contribution is 7.89. The van der Waals surface area contributed by atoms with E-state index in [0.717, 1.165) is 30.0 Å². The number of sulfonamides is 1. The van der Waals surface area contributed by atoms with Gasteiger partial charge in [-0.2, -0.15) is 4.31 Å². The van der Waals surface area contributed by atoms with Crippen LogP contribution in [0.5, 0.6) is 0 Å². The minimum atomic E-state index is -3.68. The number of carbonyl (C=O) groups excluding carboxylic acids is 2. The van der Waals surface area contributed by atoms with E-state index in [1.165, 1.54) is 22.5 Å². The first-order valence-corrected chi connectivity index (χ1v) is 12.5. The maximum atomic E-state index is 13.0. The molecule has 0 amide bonds. The molecule has 1 fully saturated rings. The number of Topliss-reactive ketones (excluding diaryl/α,β-unsaturated/α-hetero) is 2. The number of rotatable bonds is 7. The Morgan fingerprint density at radius 1 is 0.812 bits per heavy atom. The minimum absolute atomic E-state index is 0.0201. The summed E-state index contributed by atoms with van der Waals surface area (Å²) in [4.78, 5) is 25.8. The molecular formula is C25H24ClNO4S. The first kappa shape index (κ1) is 22.6. The number of halogens is 1. The molecule has 0 atom stereocenters. The lowest BCUT2D eigenvalue weighted by atomic mass is 9.97. The molecule has 0 aliphatic carbocycles. The Balaban J connectivity index is 1.52. The van der Waals surface area contributed by atoms with Crippen molar-refractivity contribution in [2.75, 3.05) is 13.1 Å². The summed E-state index contributed by atoms with van der Waals surface area (Å²) in [5.74, 6) is -0.484. The van der Waals surface area contributed by atoms with E-state index in [-0.39, 0.29) is 39.9 Å². The minimum Gasteiger partial charge on any atom is -0.294 e. The fourth-order valence-electron chi connectivity index (χ4n) is 4.10. The number of fused-ring (bicyclic) bond motifs is 1. The van der Waals surface area contributed by atoms with Crippen molar-refractivity contribution in [3.8, 4) is 0 Å². The van der Waals surface area contributed by atoms with Crippen molar-refractivity contribution in [3.05, 3.63) is 76.8 Å². The highest BCUT2D eigenvalue weighted by Crippen LogP contribution is 2.27. The Labute approximate surface area is 193 Å². The fourth-order valence-corrected chi connectivity index (χ4v) is 5.86. The molecule has 0 aromatic heterocycles. The first-order chi connectivity index (χ1) is 15.4. The van der Waals surface area contributed by atoms with Gasteiger partial charge in [0.2, 0.25) is 10.0 Å². The molecule has 4 rings (SSSR count). The third-order valence-electron chi connectivity index (χ3n) is 5.86. The Morgan fingerprint density at radius 2 is 1.47 bits per heavy atom. The SMILES string of the molecule is O=C(CCC(=O)c1cccc2ccccc12)c1cc(S(=O)(=O)N2CCCCC2)ccc1Cl. The smallest absolute Gasteiger partial charge is 0.243 e. The maximum absolute atomic E-state index is 13.0. The van der Waals surface area contributed by atoms with Crippen LogP contribution < -0.4 is 0 Å². The van der Waals surface area contributed by atoms with Crippen molar-refractivity contribution >= 4 is 44.0 Å². The van der Waals surface area contributed by atoms with Crippen molar-refractivity contribution in [3.63, 3.8) is 0 Å². The summed E-state index contributed by atoms with van der Waals surface area (Å²) >= 11 is 6.22. The van der Waals surface area contributed by atoms with Gasteiger partial charge >= 0.3 is 0 Å². The summed E-state index contributed by atoms with van der Waals surface area (Å²) in [7, 11) is -3.68. The topological polar surface area (TPSA) is 71.5 Å². The van der Waals surface area contributed by atoms with E-state index in [4.69, 9.17) is 11.6 Å². The van der Waals surface area contributed by atoms with Crippen molar-refractivity contribution in [1.82, 2.24) is 4.31 Å². The van der Waals surface area contributed by atoms with Crippen LogP contribution in [0.4, 0.5) is 0 Å². The molecule has 3 aromatic rings. The van der Waals surface area contributed by atoms with Gasteiger partial charge in [-0.1, -0.05) is 60.5 Å². The first-order valence-electron chi connectivity index (χ1n) is 10.7. The van der Waals surface area contributed by atoms with E-state index in [1.54, 1.807) is 6.07 Å². The summed E-state index contributed by atoms with van der Waals surface area (Å²) in [5.41, 5.74) is 0.707. The Kier molecular flexibility index (Phi) is 6.74. The second kappa shape index (κ2) is 9.53. The Bertz CT molecular complexity index is 1270. The second-order valence-electron chi connectivity index (χ2n) is 7.98.